The van der Waals surface area contributed by atoms with Crippen molar-refractivity contribution in [3.05, 3.63) is 23.8 Å². The van der Waals surface area contributed by atoms with Crippen molar-refractivity contribution in [2.75, 3.05) is 27.4 Å². The zero-order valence-electron chi connectivity index (χ0n) is 22.2. The van der Waals surface area contributed by atoms with E-state index < -0.39 is 6.04 Å². The van der Waals surface area contributed by atoms with E-state index >= 15 is 0 Å². The Morgan fingerprint density at radius 2 is 1.86 bits per heavy atom. The Morgan fingerprint density at radius 3 is 2.51 bits per heavy atom. The van der Waals surface area contributed by atoms with Crippen molar-refractivity contribution >= 4 is 11.8 Å². The lowest BCUT2D eigenvalue weighted by Crippen LogP contribution is -2.41. The number of hydrogen-bond donors (Lipinski definition) is 1. The second-order valence-electron chi connectivity index (χ2n) is 10.6. The number of nitrogens with one attached hydrogen (secondary N) is 1. The van der Waals surface area contributed by atoms with Gasteiger partial charge in [0.1, 0.15) is 17.9 Å². The summed E-state index contributed by atoms with van der Waals surface area (Å²) in [5.41, 5.74) is 0.898. The molecule has 2 unspecified atom stereocenters. The molecular formula is C28H43NO6. The number of ether oxygens (including phenoxy) is 4. The highest BCUT2D eigenvalue weighted by Gasteiger charge is 2.43. The molecule has 1 heterocycles. The Labute approximate surface area is 210 Å². The molecule has 1 aliphatic carbocycles. The fraction of sp³-hybridized carbons (Fsp3) is 0.714. The average molecular weight is 490 g/mol. The molecule has 0 bridgehead atoms. The van der Waals surface area contributed by atoms with Crippen LogP contribution in [0.25, 0.3) is 0 Å². The van der Waals surface area contributed by atoms with Crippen LogP contribution in [0.2, 0.25) is 0 Å². The molecule has 0 spiro atoms. The number of ketones is 1. The topological polar surface area (TPSA) is 83.1 Å². The number of benzene rings is 1. The van der Waals surface area contributed by atoms with Gasteiger partial charge in [-0.25, -0.2) is 0 Å². The van der Waals surface area contributed by atoms with Gasteiger partial charge in [-0.2, -0.15) is 0 Å². The molecule has 0 amide bonds. The maximum atomic E-state index is 13.3. The van der Waals surface area contributed by atoms with Gasteiger partial charge >= 0.3 is 5.97 Å². The largest absolute Gasteiger partial charge is 0.493 e. The smallest absolute Gasteiger partial charge is 0.323 e. The first-order valence-electron chi connectivity index (χ1n) is 13.0. The van der Waals surface area contributed by atoms with E-state index in [4.69, 9.17) is 18.9 Å². The molecule has 6 atom stereocenters. The van der Waals surface area contributed by atoms with Gasteiger partial charge in [-0.15, -0.1) is 0 Å². The first kappa shape index (κ1) is 27.5. The SMILES string of the molecule is COCCCOc1cc([C@@H]2N[C@H](C(=O)O[C@@H]3CC(C)CCC3C(C)C)C[C@H]2C(C)=O)ccc1OC. The number of esters is 1. The van der Waals surface area contributed by atoms with Crippen molar-refractivity contribution in [1.82, 2.24) is 5.32 Å². The second-order valence-corrected chi connectivity index (χ2v) is 10.6. The van der Waals surface area contributed by atoms with Crippen molar-refractivity contribution in [2.24, 2.45) is 23.7 Å². The zero-order valence-corrected chi connectivity index (χ0v) is 22.2. The Kier molecular flexibility index (Phi) is 9.99. The quantitative estimate of drug-likeness (QED) is 0.356. The molecule has 7 heteroatoms. The number of rotatable bonds is 11. The van der Waals surface area contributed by atoms with Crippen LogP contribution in [0.3, 0.4) is 0 Å². The van der Waals surface area contributed by atoms with Crippen molar-refractivity contribution in [1.29, 1.82) is 0 Å². The van der Waals surface area contributed by atoms with Crippen LogP contribution < -0.4 is 14.8 Å². The van der Waals surface area contributed by atoms with Gasteiger partial charge in [-0.3, -0.25) is 14.9 Å². The zero-order chi connectivity index (χ0) is 25.5. The molecule has 1 N–H and O–H groups in total. The summed E-state index contributed by atoms with van der Waals surface area (Å²) in [6.07, 6.45) is 4.31. The number of methoxy groups -OCH3 is 2. The molecule has 1 aliphatic heterocycles. The molecular weight excluding hydrogens is 446 g/mol. The van der Waals surface area contributed by atoms with Gasteiger partial charge in [0.05, 0.1) is 13.7 Å². The van der Waals surface area contributed by atoms with Crippen LogP contribution in [0.15, 0.2) is 18.2 Å². The van der Waals surface area contributed by atoms with E-state index in [0.717, 1.165) is 24.8 Å². The van der Waals surface area contributed by atoms with Crippen LogP contribution in [0.5, 0.6) is 11.5 Å². The van der Waals surface area contributed by atoms with Crippen LogP contribution in [0.1, 0.15) is 71.4 Å². The number of carbonyl (C=O) groups excluding carboxylic acids is 2. The second kappa shape index (κ2) is 12.7. The summed E-state index contributed by atoms with van der Waals surface area (Å²) >= 11 is 0. The van der Waals surface area contributed by atoms with Crippen LogP contribution in [0, 0.1) is 23.7 Å². The van der Waals surface area contributed by atoms with E-state index in [1.807, 2.05) is 18.2 Å². The van der Waals surface area contributed by atoms with Gasteiger partial charge in [-0.1, -0.05) is 33.3 Å². The highest BCUT2D eigenvalue weighted by molar-refractivity contribution is 5.83. The Hall–Kier alpha value is -2.12. The van der Waals surface area contributed by atoms with Gasteiger partial charge in [0.2, 0.25) is 0 Å². The minimum Gasteiger partial charge on any atom is -0.493 e. The third kappa shape index (κ3) is 6.98. The fourth-order valence-corrected chi connectivity index (χ4v) is 5.55. The standard InChI is InChI=1S/C28H43NO6/c1-17(2)21-10-8-18(3)14-25(21)35-28(31)23-16-22(19(4)30)27(29-23)20-9-11-24(33-6)26(15-20)34-13-7-12-32-5/h9,11,15,17-18,21-23,25,27,29H,7-8,10,12-14,16H2,1-6H3/t18?,21?,22-,23-,25+,27-/m0/s1. The monoisotopic (exact) mass is 489 g/mol. The third-order valence-electron chi connectivity index (χ3n) is 7.61. The van der Waals surface area contributed by atoms with Crippen LogP contribution in [-0.2, 0) is 19.1 Å². The summed E-state index contributed by atoms with van der Waals surface area (Å²) in [7, 11) is 3.26. The molecule has 2 fully saturated rings. The lowest BCUT2D eigenvalue weighted by molar-refractivity contribution is -0.158. The molecule has 1 aromatic rings. The molecule has 3 rings (SSSR count). The van der Waals surface area contributed by atoms with Gasteiger partial charge in [-0.05, 0) is 61.6 Å². The van der Waals surface area contributed by atoms with E-state index in [-0.39, 0.29) is 29.8 Å². The van der Waals surface area contributed by atoms with E-state index in [0.29, 0.717) is 48.9 Å². The molecule has 1 saturated carbocycles. The number of Topliss-reactive ketones (excluding diaryl/α,β-unsaturated/α-hetero) is 1. The van der Waals surface area contributed by atoms with Gasteiger partial charge < -0.3 is 18.9 Å². The Bertz CT molecular complexity index is 856. The maximum Gasteiger partial charge on any atom is 0.323 e. The number of hydrogen-bond acceptors (Lipinski definition) is 7. The summed E-state index contributed by atoms with van der Waals surface area (Å²) in [5.74, 6) is 2.16. The summed E-state index contributed by atoms with van der Waals surface area (Å²) < 4.78 is 22.6. The summed E-state index contributed by atoms with van der Waals surface area (Å²) in [5, 5.41) is 3.41. The van der Waals surface area contributed by atoms with E-state index in [2.05, 4.69) is 26.1 Å². The maximum absolute atomic E-state index is 13.3. The number of carbonyl (C=O) groups is 2. The summed E-state index contributed by atoms with van der Waals surface area (Å²) in [6, 6.07) is 4.89. The normalized spacial score (nSPS) is 28.7. The fourth-order valence-electron chi connectivity index (χ4n) is 5.55. The minimum absolute atomic E-state index is 0.0579. The van der Waals surface area contributed by atoms with Gasteiger partial charge in [0.15, 0.2) is 11.5 Å². The molecule has 0 aromatic heterocycles. The Balaban J connectivity index is 1.74. The van der Waals surface area contributed by atoms with Gasteiger partial charge in [0.25, 0.3) is 0 Å². The van der Waals surface area contributed by atoms with Gasteiger partial charge in [0, 0.05) is 32.1 Å². The lowest BCUT2D eigenvalue weighted by atomic mass is 9.75. The molecule has 7 nitrogen and oxygen atoms in total. The molecule has 196 valence electrons. The third-order valence-corrected chi connectivity index (χ3v) is 7.61. The van der Waals surface area contributed by atoms with Crippen molar-refractivity contribution in [3.63, 3.8) is 0 Å². The highest BCUT2D eigenvalue weighted by atomic mass is 16.5. The van der Waals surface area contributed by atoms with E-state index in [9.17, 15) is 9.59 Å². The average Bonchev–Trinajstić information content (AvgIpc) is 3.28. The highest BCUT2D eigenvalue weighted by Crippen LogP contribution is 2.39. The summed E-state index contributed by atoms with van der Waals surface area (Å²) in [4.78, 5) is 25.8. The lowest BCUT2D eigenvalue weighted by Gasteiger charge is -2.37. The first-order chi connectivity index (χ1) is 16.7. The Morgan fingerprint density at radius 1 is 1.09 bits per heavy atom. The predicted molar refractivity (Wildman–Crippen MR) is 135 cm³/mol. The van der Waals surface area contributed by atoms with Crippen LogP contribution in [0.4, 0.5) is 0 Å². The van der Waals surface area contributed by atoms with E-state index in [1.165, 1.54) is 6.42 Å². The molecule has 1 aromatic carbocycles. The molecule has 1 saturated heterocycles. The minimum atomic E-state index is -0.507. The molecule has 0 radical (unpaired) electrons. The predicted octanol–water partition coefficient (Wildman–Crippen LogP) is 4.72. The molecule has 2 aliphatic rings. The van der Waals surface area contributed by atoms with Crippen LogP contribution >= 0.6 is 0 Å². The van der Waals surface area contributed by atoms with Crippen molar-refractivity contribution in [2.45, 2.75) is 78.0 Å². The molecule has 35 heavy (non-hydrogen) atoms. The van der Waals surface area contributed by atoms with Crippen molar-refractivity contribution < 1.29 is 28.5 Å². The van der Waals surface area contributed by atoms with Crippen molar-refractivity contribution in [3.8, 4) is 11.5 Å². The summed E-state index contributed by atoms with van der Waals surface area (Å²) in [6.45, 7) is 9.33. The first-order valence-corrected chi connectivity index (χ1v) is 13.0. The van der Waals surface area contributed by atoms with E-state index in [1.54, 1.807) is 21.1 Å². The van der Waals surface area contributed by atoms with Crippen LogP contribution in [-0.4, -0.2) is 51.3 Å².